The summed E-state index contributed by atoms with van der Waals surface area (Å²) in [6, 6.07) is 9.85. The molecule has 0 saturated heterocycles. The zero-order chi connectivity index (χ0) is 19.5. The van der Waals surface area contributed by atoms with E-state index < -0.39 is 11.4 Å². The van der Waals surface area contributed by atoms with Gasteiger partial charge < -0.3 is 10.6 Å². The molecule has 1 fully saturated rings. The lowest BCUT2D eigenvalue weighted by atomic mass is 10.0. The molecule has 1 aromatic carbocycles. The number of nitrogens with two attached hydrogens (primary N) is 1. The number of rotatable bonds is 12. The van der Waals surface area contributed by atoms with Crippen molar-refractivity contribution in [2.24, 2.45) is 16.3 Å². The molecule has 1 saturated carbocycles. The van der Waals surface area contributed by atoms with Gasteiger partial charge in [0.2, 0.25) is 0 Å². The number of hydrogen-bond donors (Lipinski definition) is 1. The quantitative estimate of drug-likeness (QED) is 0.188. The second-order valence-corrected chi connectivity index (χ2v) is 7.47. The molecule has 2 N–H and O–H groups in total. The van der Waals surface area contributed by atoms with Gasteiger partial charge in [-0.3, -0.25) is 0 Å². The van der Waals surface area contributed by atoms with Gasteiger partial charge >= 0.3 is 5.97 Å². The van der Waals surface area contributed by atoms with E-state index in [0.29, 0.717) is 18.4 Å². The van der Waals surface area contributed by atoms with Crippen molar-refractivity contribution in [2.45, 2.75) is 77.6 Å². The molecule has 0 spiro atoms. The van der Waals surface area contributed by atoms with E-state index in [1.54, 1.807) is 0 Å². The summed E-state index contributed by atoms with van der Waals surface area (Å²) >= 11 is 0. The summed E-state index contributed by atoms with van der Waals surface area (Å²) in [4.78, 5) is 16.6. The molecular weight excluding hydrogens is 338 g/mol. The smallest absolute Gasteiger partial charge is 0.355 e. The number of amidine groups is 1. The second-order valence-electron chi connectivity index (χ2n) is 7.47. The van der Waals surface area contributed by atoms with E-state index >= 15 is 0 Å². The van der Waals surface area contributed by atoms with Crippen LogP contribution in [0.4, 0.5) is 0 Å². The summed E-state index contributed by atoms with van der Waals surface area (Å²) in [5, 5.41) is 12.7. The lowest BCUT2D eigenvalue weighted by Gasteiger charge is -2.05. The van der Waals surface area contributed by atoms with Crippen molar-refractivity contribution in [1.29, 1.82) is 5.26 Å². The van der Waals surface area contributed by atoms with Crippen LogP contribution in [0.5, 0.6) is 0 Å². The van der Waals surface area contributed by atoms with Gasteiger partial charge in [0.15, 0.2) is 11.3 Å². The number of aryl methyl sites for hydroxylation is 1. The van der Waals surface area contributed by atoms with Crippen LogP contribution in [0.3, 0.4) is 0 Å². The topological polar surface area (TPSA) is 88.5 Å². The third-order valence-electron chi connectivity index (χ3n) is 5.15. The number of carbonyl (C=O) groups is 1. The Morgan fingerprint density at radius 1 is 1.11 bits per heavy atom. The summed E-state index contributed by atoms with van der Waals surface area (Å²) in [7, 11) is 0. The number of unbranched alkanes of at least 4 members (excludes halogenated alkanes) is 7. The lowest BCUT2D eigenvalue weighted by Crippen LogP contribution is -2.19. The van der Waals surface area contributed by atoms with Gasteiger partial charge in [-0.1, -0.05) is 81.3 Å². The highest BCUT2D eigenvalue weighted by Gasteiger charge is 2.53. The molecule has 27 heavy (non-hydrogen) atoms. The number of hydrogen-bond acceptors (Lipinski definition) is 4. The van der Waals surface area contributed by atoms with Crippen molar-refractivity contribution in [3.63, 3.8) is 0 Å². The molecule has 1 aromatic rings. The average Bonchev–Trinajstić information content (AvgIpc) is 3.50. The Balaban J connectivity index is 1.69. The molecule has 0 unspecified atom stereocenters. The van der Waals surface area contributed by atoms with Crippen LogP contribution in [0.15, 0.2) is 29.4 Å². The minimum Gasteiger partial charge on any atom is -0.380 e. The Morgan fingerprint density at radius 2 is 1.70 bits per heavy atom. The number of benzene rings is 1. The second kappa shape index (κ2) is 10.7. The number of carbonyl (C=O) groups excluding carboxylic acids is 1. The van der Waals surface area contributed by atoms with Crippen molar-refractivity contribution >= 4 is 11.8 Å². The van der Waals surface area contributed by atoms with Crippen molar-refractivity contribution < 1.29 is 9.63 Å². The maximum atomic E-state index is 11.8. The van der Waals surface area contributed by atoms with Crippen LogP contribution >= 0.6 is 0 Å². The van der Waals surface area contributed by atoms with E-state index in [2.05, 4.69) is 12.1 Å². The van der Waals surface area contributed by atoms with Gasteiger partial charge in [-0.15, -0.1) is 0 Å². The first-order valence-corrected chi connectivity index (χ1v) is 10.2. The molecule has 0 radical (unpaired) electrons. The third kappa shape index (κ3) is 6.71. The Bertz CT molecular complexity index is 670. The van der Waals surface area contributed by atoms with Crippen LogP contribution < -0.4 is 5.73 Å². The molecule has 146 valence electrons. The average molecular weight is 370 g/mol. The van der Waals surface area contributed by atoms with E-state index in [1.165, 1.54) is 56.9 Å². The summed E-state index contributed by atoms with van der Waals surface area (Å²) in [6.07, 6.45) is 12.6. The normalized spacial score (nSPS) is 15.2. The maximum absolute atomic E-state index is 11.8. The van der Waals surface area contributed by atoms with Gasteiger partial charge in [0, 0.05) is 5.56 Å². The van der Waals surface area contributed by atoms with E-state index in [9.17, 15) is 4.79 Å². The summed E-state index contributed by atoms with van der Waals surface area (Å²) in [6.45, 7) is 2.25. The maximum Gasteiger partial charge on any atom is 0.355 e. The standard InChI is InChI=1S/C22H31N3O2/c1-2-3-4-5-6-7-8-9-10-18-11-13-19(14-12-18)20(24)25-27-21(26)22(17-23)15-16-22/h11-14H,2-10,15-16H2,1H3,(H2,24,25). The van der Waals surface area contributed by atoms with Gasteiger partial charge in [-0.05, 0) is 31.2 Å². The Labute approximate surface area is 162 Å². The highest BCUT2D eigenvalue weighted by atomic mass is 16.7. The molecule has 0 atom stereocenters. The van der Waals surface area contributed by atoms with Gasteiger partial charge in [0.25, 0.3) is 0 Å². The fourth-order valence-corrected chi connectivity index (χ4v) is 3.02. The largest absolute Gasteiger partial charge is 0.380 e. The molecule has 0 bridgehead atoms. The summed E-state index contributed by atoms with van der Waals surface area (Å²) < 4.78 is 0. The molecule has 0 heterocycles. The third-order valence-corrected chi connectivity index (χ3v) is 5.15. The molecule has 0 aliphatic heterocycles. The van der Waals surface area contributed by atoms with Crippen LogP contribution in [0.25, 0.3) is 0 Å². The summed E-state index contributed by atoms with van der Waals surface area (Å²) in [5.41, 5.74) is 6.87. The number of oxime groups is 1. The van der Waals surface area contributed by atoms with E-state index in [0.717, 1.165) is 6.42 Å². The van der Waals surface area contributed by atoms with E-state index in [1.807, 2.05) is 30.3 Å². The SMILES string of the molecule is CCCCCCCCCCc1ccc(C(N)=NOC(=O)C2(C#N)CC2)cc1. The van der Waals surface area contributed by atoms with Gasteiger partial charge in [0.05, 0.1) is 6.07 Å². The molecule has 0 aromatic heterocycles. The first-order chi connectivity index (χ1) is 13.1. The van der Waals surface area contributed by atoms with Gasteiger partial charge in [-0.2, -0.15) is 5.26 Å². The van der Waals surface area contributed by atoms with Crippen molar-refractivity contribution in [1.82, 2.24) is 0 Å². The highest BCUT2D eigenvalue weighted by molar-refractivity contribution is 5.97. The van der Waals surface area contributed by atoms with Gasteiger partial charge in [0.1, 0.15) is 0 Å². The first-order valence-electron chi connectivity index (χ1n) is 10.2. The first kappa shape index (κ1) is 21.0. The van der Waals surface area contributed by atoms with Crippen LogP contribution in [-0.4, -0.2) is 11.8 Å². The zero-order valence-electron chi connectivity index (χ0n) is 16.4. The molecular formula is C22H31N3O2. The van der Waals surface area contributed by atoms with E-state index in [-0.39, 0.29) is 5.84 Å². The molecule has 1 aliphatic carbocycles. The Morgan fingerprint density at radius 3 is 2.26 bits per heavy atom. The van der Waals surface area contributed by atoms with Crippen LogP contribution in [0, 0.1) is 16.7 Å². The fraction of sp³-hybridized carbons (Fsp3) is 0.591. The molecule has 5 nitrogen and oxygen atoms in total. The van der Waals surface area contributed by atoms with E-state index in [4.69, 9.17) is 15.8 Å². The molecule has 0 amide bonds. The molecule has 5 heteroatoms. The van der Waals surface area contributed by atoms with Crippen LogP contribution in [0.1, 0.15) is 82.3 Å². The Kier molecular flexibility index (Phi) is 8.32. The Hall–Kier alpha value is -2.35. The highest BCUT2D eigenvalue weighted by Crippen LogP contribution is 2.45. The van der Waals surface area contributed by atoms with Crippen molar-refractivity contribution in [3.8, 4) is 6.07 Å². The minimum atomic E-state index is -0.996. The van der Waals surface area contributed by atoms with Gasteiger partial charge in [-0.25, -0.2) is 4.79 Å². The monoisotopic (exact) mass is 369 g/mol. The molecule has 1 aliphatic rings. The number of nitrogens with zero attached hydrogens (tertiary/aromatic N) is 2. The van der Waals surface area contributed by atoms with Crippen molar-refractivity contribution in [2.75, 3.05) is 0 Å². The number of nitriles is 1. The predicted octanol–water partition coefficient (Wildman–Crippen LogP) is 4.84. The van der Waals surface area contributed by atoms with Crippen molar-refractivity contribution in [3.05, 3.63) is 35.4 Å². The van der Waals surface area contributed by atoms with Crippen LogP contribution in [0.2, 0.25) is 0 Å². The summed E-state index contributed by atoms with van der Waals surface area (Å²) in [5.74, 6) is -0.463. The predicted molar refractivity (Wildman–Crippen MR) is 107 cm³/mol. The van der Waals surface area contributed by atoms with Crippen LogP contribution in [-0.2, 0) is 16.1 Å². The molecule has 2 rings (SSSR count). The fourth-order valence-electron chi connectivity index (χ4n) is 3.02. The zero-order valence-corrected chi connectivity index (χ0v) is 16.4. The minimum absolute atomic E-state index is 0.149. The lowest BCUT2D eigenvalue weighted by molar-refractivity contribution is -0.147.